The lowest BCUT2D eigenvalue weighted by molar-refractivity contribution is 0.153. The van der Waals surface area contributed by atoms with E-state index in [0.717, 1.165) is 37.8 Å². The van der Waals surface area contributed by atoms with Gasteiger partial charge in [0.15, 0.2) is 0 Å². The summed E-state index contributed by atoms with van der Waals surface area (Å²) in [6.45, 7) is 3.18. The first kappa shape index (κ1) is 17.8. The number of aryl methyl sites for hydroxylation is 1. The number of nitrogens with zero attached hydrogens (tertiary/aromatic N) is 1. The van der Waals surface area contributed by atoms with Crippen molar-refractivity contribution in [2.75, 3.05) is 13.1 Å². The van der Waals surface area contributed by atoms with Gasteiger partial charge in [-0.2, -0.15) is 0 Å². The average molecular weight is 356 g/mol. The molecular formula is C17H25FN2O3S. The summed E-state index contributed by atoms with van der Waals surface area (Å²) in [6, 6.07) is 4.58. The summed E-state index contributed by atoms with van der Waals surface area (Å²) in [5, 5.41) is 9.70. The third-order valence-electron chi connectivity index (χ3n) is 5.03. The zero-order valence-electron chi connectivity index (χ0n) is 13.9. The number of β-amino-alcohol motifs (C(OH)–C–C–N with tert-alkyl or cyclic N) is 1. The summed E-state index contributed by atoms with van der Waals surface area (Å²) in [6.07, 6.45) is 3.10. The number of sulfonamides is 1. The van der Waals surface area contributed by atoms with Crippen molar-refractivity contribution in [1.29, 1.82) is 0 Å². The van der Waals surface area contributed by atoms with E-state index in [1.807, 2.05) is 0 Å². The monoisotopic (exact) mass is 356 g/mol. The van der Waals surface area contributed by atoms with E-state index in [1.54, 1.807) is 13.0 Å². The van der Waals surface area contributed by atoms with Crippen LogP contribution < -0.4 is 4.72 Å². The highest BCUT2D eigenvalue weighted by atomic mass is 32.2. The van der Waals surface area contributed by atoms with Gasteiger partial charge in [0.25, 0.3) is 0 Å². The molecule has 1 heterocycles. The van der Waals surface area contributed by atoms with E-state index >= 15 is 0 Å². The number of benzene rings is 1. The molecule has 1 aromatic carbocycles. The molecule has 0 aromatic heterocycles. The van der Waals surface area contributed by atoms with Gasteiger partial charge in [0.2, 0.25) is 10.0 Å². The van der Waals surface area contributed by atoms with Gasteiger partial charge in [0, 0.05) is 30.7 Å². The quantitative estimate of drug-likeness (QED) is 0.840. The van der Waals surface area contributed by atoms with Crippen LogP contribution in [0.2, 0.25) is 0 Å². The Morgan fingerprint density at radius 2 is 2.12 bits per heavy atom. The van der Waals surface area contributed by atoms with E-state index < -0.39 is 15.8 Å². The fourth-order valence-corrected chi connectivity index (χ4v) is 5.29. The molecule has 0 amide bonds. The van der Waals surface area contributed by atoms with E-state index in [2.05, 4.69) is 9.62 Å². The molecule has 134 valence electrons. The molecule has 2 fully saturated rings. The predicted molar refractivity (Wildman–Crippen MR) is 90.5 cm³/mol. The van der Waals surface area contributed by atoms with Gasteiger partial charge in [0.1, 0.15) is 5.82 Å². The maximum atomic E-state index is 13.9. The maximum absolute atomic E-state index is 13.9. The fraction of sp³-hybridized carbons (Fsp3) is 0.647. The van der Waals surface area contributed by atoms with Gasteiger partial charge in [-0.15, -0.1) is 0 Å². The standard InChI is InChI=1S/C17H25FN2O3S/c1-12-5-6-13(15(18)9-12)11-24(22,23)19-16-3-2-4-17(16)20-8-7-14(21)10-20/h5-6,9,14,16-17,19,21H,2-4,7-8,10-11H2,1H3/t14?,16-,17+/m1/s1. The first-order chi connectivity index (χ1) is 11.3. The maximum Gasteiger partial charge on any atom is 0.216 e. The lowest BCUT2D eigenvalue weighted by Gasteiger charge is -2.29. The lowest BCUT2D eigenvalue weighted by atomic mass is 10.1. The number of aliphatic hydroxyl groups is 1. The molecule has 0 bridgehead atoms. The summed E-state index contributed by atoms with van der Waals surface area (Å²) in [4.78, 5) is 2.18. The van der Waals surface area contributed by atoms with Gasteiger partial charge >= 0.3 is 0 Å². The van der Waals surface area contributed by atoms with Crippen LogP contribution in [0.4, 0.5) is 4.39 Å². The molecule has 1 saturated heterocycles. The zero-order valence-corrected chi connectivity index (χ0v) is 14.7. The van der Waals surface area contributed by atoms with Crippen LogP contribution in [0.3, 0.4) is 0 Å². The largest absolute Gasteiger partial charge is 0.392 e. The lowest BCUT2D eigenvalue weighted by Crippen LogP contribution is -2.48. The van der Waals surface area contributed by atoms with E-state index in [9.17, 15) is 17.9 Å². The second kappa shape index (κ2) is 7.07. The van der Waals surface area contributed by atoms with Crippen LogP contribution in [-0.4, -0.2) is 49.7 Å². The highest BCUT2D eigenvalue weighted by Crippen LogP contribution is 2.28. The number of aliphatic hydroxyl groups excluding tert-OH is 1. The van der Waals surface area contributed by atoms with Crippen molar-refractivity contribution < 1.29 is 17.9 Å². The summed E-state index contributed by atoms with van der Waals surface area (Å²) in [5.74, 6) is -0.823. The highest BCUT2D eigenvalue weighted by Gasteiger charge is 2.37. The van der Waals surface area contributed by atoms with E-state index in [-0.39, 0.29) is 29.5 Å². The van der Waals surface area contributed by atoms with Gasteiger partial charge in [-0.25, -0.2) is 17.5 Å². The molecule has 3 rings (SSSR count). The highest BCUT2D eigenvalue weighted by molar-refractivity contribution is 7.88. The van der Waals surface area contributed by atoms with Gasteiger partial charge in [-0.1, -0.05) is 18.6 Å². The molecule has 24 heavy (non-hydrogen) atoms. The Morgan fingerprint density at radius 1 is 1.33 bits per heavy atom. The smallest absolute Gasteiger partial charge is 0.216 e. The zero-order chi connectivity index (χ0) is 17.3. The minimum Gasteiger partial charge on any atom is -0.392 e. The first-order valence-corrected chi connectivity index (χ1v) is 10.2. The van der Waals surface area contributed by atoms with Crippen LogP contribution in [0.15, 0.2) is 18.2 Å². The Labute approximate surface area is 142 Å². The SMILES string of the molecule is Cc1ccc(CS(=O)(=O)N[C@@H]2CCC[C@@H]2N2CCC(O)C2)c(F)c1. The molecule has 1 aliphatic carbocycles. The third-order valence-corrected chi connectivity index (χ3v) is 6.38. The first-order valence-electron chi connectivity index (χ1n) is 8.51. The Hall–Kier alpha value is -1.02. The topological polar surface area (TPSA) is 69.6 Å². The number of rotatable bonds is 5. The molecule has 1 aliphatic heterocycles. The van der Waals surface area contributed by atoms with Crippen molar-refractivity contribution in [3.05, 3.63) is 35.1 Å². The van der Waals surface area contributed by atoms with Gasteiger partial charge in [-0.3, -0.25) is 4.90 Å². The van der Waals surface area contributed by atoms with Crippen LogP contribution in [0.1, 0.15) is 36.8 Å². The van der Waals surface area contributed by atoms with Gasteiger partial charge < -0.3 is 5.11 Å². The number of hydrogen-bond donors (Lipinski definition) is 2. The normalized spacial score (nSPS) is 28.5. The molecule has 1 aromatic rings. The Kier molecular flexibility index (Phi) is 5.24. The van der Waals surface area contributed by atoms with Crippen molar-refractivity contribution in [2.45, 2.75) is 56.5 Å². The van der Waals surface area contributed by atoms with Gasteiger partial charge in [0.05, 0.1) is 11.9 Å². The minimum atomic E-state index is -3.61. The Balaban J connectivity index is 1.67. The van der Waals surface area contributed by atoms with Crippen molar-refractivity contribution >= 4 is 10.0 Å². The number of halogens is 1. The summed E-state index contributed by atoms with van der Waals surface area (Å²) >= 11 is 0. The fourth-order valence-electron chi connectivity index (χ4n) is 3.83. The van der Waals surface area contributed by atoms with Crippen LogP contribution in [0.25, 0.3) is 0 Å². The van der Waals surface area contributed by atoms with Crippen LogP contribution in [0, 0.1) is 12.7 Å². The molecule has 5 nitrogen and oxygen atoms in total. The van der Waals surface area contributed by atoms with Crippen LogP contribution in [0.5, 0.6) is 0 Å². The van der Waals surface area contributed by atoms with Gasteiger partial charge in [-0.05, 0) is 37.8 Å². The molecule has 1 saturated carbocycles. The number of nitrogens with one attached hydrogen (secondary N) is 1. The summed E-state index contributed by atoms with van der Waals surface area (Å²) < 4.78 is 41.6. The second-order valence-corrected chi connectivity index (χ2v) is 8.77. The van der Waals surface area contributed by atoms with Crippen molar-refractivity contribution in [1.82, 2.24) is 9.62 Å². The van der Waals surface area contributed by atoms with Crippen molar-refractivity contribution in [2.24, 2.45) is 0 Å². The predicted octanol–water partition coefficient (Wildman–Crippen LogP) is 1.54. The minimum absolute atomic E-state index is 0.125. The van der Waals surface area contributed by atoms with E-state index in [4.69, 9.17) is 0 Å². The second-order valence-electron chi connectivity index (χ2n) is 7.01. The molecule has 7 heteroatoms. The third kappa shape index (κ3) is 4.14. The molecular weight excluding hydrogens is 331 g/mol. The van der Waals surface area contributed by atoms with Crippen molar-refractivity contribution in [3.63, 3.8) is 0 Å². The molecule has 0 spiro atoms. The molecule has 1 unspecified atom stereocenters. The van der Waals surface area contributed by atoms with E-state index in [1.165, 1.54) is 12.1 Å². The van der Waals surface area contributed by atoms with Crippen LogP contribution in [-0.2, 0) is 15.8 Å². The molecule has 2 N–H and O–H groups in total. The summed E-state index contributed by atoms with van der Waals surface area (Å²) in [5.41, 5.74) is 0.962. The van der Waals surface area contributed by atoms with E-state index in [0.29, 0.717) is 6.54 Å². The number of likely N-dealkylation sites (tertiary alicyclic amines) is 1. The average Bonchev–Trinajstić information content (AvgIpc) is 3.10. The Bertz CT molecular complexity index is 695. The van der Waals surface area contributed by atoms with Crippen molar-refractivity contribution in [3.8, 4) is 0 Å². The van der Waals surface area contributed by atoms with Crippen LogP contribution >= 0.6 is 0 Å². The molecule has 0 radical (unpaired) electrons. The summed E-state index contributed by atoms with van der Waals surface area (Å²) in [7, 11) is -3.61. The molecule has 3 atom stereocenters. The molecule has 2 aliphatic rings. The number of hydrogen-bond acceptors (Lipinski definition) is 4. The Morgan fingerprint density at radius 3 is 2.79 bits per heavy atom.